The third-order valence-corrected chi connectivity index (χ3v) is 3.08. The number of hydrogen-bond acceptors (Lipinski definition) is 4. The molecule has 1 aromatic carbocycles. The Balaban J connectivity index is 2.20. The molecule has 0 aliphatic rings. The van der Waals surface area contributed by atoms with Crippen LogP contribution >= 0.6 is 0 Å². The highest BCUT2D eigenvalue weighted by Crippen LogP contribution is 2.20. The van der Waals surface area contributed by atoms with Gasteiger partial charge in [-0.3, -0.25) is 4.79 Å². The number of methoxy groups -OCH3 is 1. The summed E-state index contributed by atoms with van der Waals surface area (Å²) in [6.07, 6.45) is 1.60. The first-order chi connectivity index (χ1) is 9.52. The molecule has 1 amide bonds. The normalized spacial score (nSPS) is 12.0. The van der Waals surface area contributed by atoms with Crippen LogP contribution in [0.15, 0.2) is 24.5 Å². The summed E-state index contributed by atoms with van der Waals surface area (Å²) in [5.74, 6) is 1.06. The molecule has 106 valence electrons. The SMILES string of the molecule is COc1ccc(C)cc1C(=O)N[C@@H](C)c1nncn1C. The number of ether oxygens (including phenoxy) is 1. The van der Waals surface area contributed by atoms with Crippen LogP contribution in [-0.4, -0.2) is 27.8 Å². The van der Waals surface area contributed by atoms with Gasteiger partial charge in [0.25, 0.3) is 5.91 Å². The molecule has 0 radical (unpaired) electrons. The number of amides is 1. The molecule has 1 atom stereocenters. The van der Waals surface area contributed by atoms with Crippen molar-refractivity contribution in [3.63, 3.8) is 0 Å². The van der Waals surface area contributed by atoms with Gasteiger partial charge in [-0.1, -0.05) is 11.6 Å². The molecule has 20 heavy (non-hydrogen) atoms. The molecule has 0 bridgehead atoms. The van der Waals surface area contributed by atoms with E-state index in [0.717, 1.165) is 5.56 Å². The van der Waals surface area contributed by atoms with Gasteiger partial charge >= 0.3 is 0 Å². The minimum Gasteiger partial charge on any atom is -0.496 e. The minimum atomic E-state index is -0.236. The van der Waals surface area contributed by atoms with E-state index in [4.69, 9.17) is 4.74 Å². The van der Waals surface area contributed by atoms with Crippen molar-refractivity contribution in [1.29, 1.82) is 0 Å². The predicted molar refractivity (Wildman–Crippen MR) is 74.6 cm³/mol. The van der Waals surface area contributed by atoms with Crippen molar-refractivity contribution in [3.8, 4) is 5.75 Å². The Morgan fingerprint density at radius 1 is 1.45 bits per heavy atom. The lowest BCUT2D eigenvalue weighted by Gasteiger charge is -2.15. The van der Waals surface area contributed by atoms with Gasteiger partial charge < -0.3 is 14.6 Å². The molecule has 1 heterocycles. The largest absolute Gasteiger partial charge is 0.496 e. The van der Waals surface area contributed by atoms with Gasteiger partial charge in [0.1, 0.15) is 12.1 Å². The molecule has 0 fully saturated rings. The molecule has 0 unspecified atom stereocenters. The Kier molecular flexibility index (Phi) is 4.02. The topological polar surface area (TPSA) is 69.0 Å². The molecule has 6 heteroatoms. The summed E-state index contributed by atoms with van der Waals surface area (Å²) >= 11 is 0. The predicted octanol–water partition coefficient (Wildman–Crippen LogP) is 1.62. The maximum atomic E-state index is 12.3. The number of nitrogens with one attached hydrogen (secondary N) is 1. The zero-order valence-electron chi connectivity index (χ0n) is 12.0. The summed E-state index contributed by atoms with van der Waals surface area (Å²) in [5, 5.41) is 10.7. The first kappa shape index (κ1) is 14.0. The lowest BCUT2D eigenvalue weighted by Crippen LogP contribution is -2.28. The fourth-order valence-electron chi connectivity index (χ4n) is 2.02. The van der Waals surface area contributed by atoms with Crippen LogP contribution < -0.4 is 10.1 Å². The standard InChI is InChI=1S/C14H18N4O2/c1-9-5-6-12(20-4)11(7-9)14(19)16-10(2)13-17-15-8-18(13)3/h5-8,10H,1-4H3,(H,16,19)/t10-/m0/s1. The second kappa shape index (κ2) is 5.73. The third-order valence-electron chi connectivity index (χ3n) is 3.08. The van der Waals surface area contributed by atoms with E-state index in [1.54, 1.807) is 30.1 Å². The van der Waals surface area contributed by atoms with E-state index in [1.807, 2.05) is 27.0 Å². The maximum absolute atomic E-state index is 12.3. The monoisotopic (exact) mass is 274 g/mol. The van der Waals surface area contributed by atoms with Crippen LogP contribution in [0, 0.1) is 6.92 Å². The van der Waals surface area contributed by atoms with E-state index in [2.05, 4.69) is 15.5 Å². The molecule has 2 aromatic rings. The quantitative estimate of drug-likeness (QED) is 0.920. The van der Waals surface area contributed by atoms with E-state index in [0.29, 0.717) is 17.1 Å². The number of carbonyl (C=O) groups is 1. The van der Waals surface area contributed by atoms with Crippen LogP contribution in [-0.2, 0) is 7.05 Å². The van der Waals surface area contributed by atoms with Gasteiger partial charge in [-0.25, -0.2) is 0 Å². The summed E-state index contributed by atoms with van der Waals surface area (Å²) in [5.41, 5.74) is 1.52. The van der Waals surface area contributed by atoms with Crippen molar-refractivity contribution in [2.45, 2.75) is 19.9 Å². The molecule has 0 saturated heterocycles. The molecule has 1 N–H and O–H groups in total. The maximum Gasteiger partial charge on any atom is 0.255 e. The number of hydrogen-bond donors (Lipinski definition) is 1. The highest BCUT2D eigenvalue weighted by molar-refractivity contribution is 5.97. The molecule has 0 aliphatic carbocycles. The minimum absolute atomic E-state index is 0.193. The summed E-state index contributed by atoms with van der Waals surface area (Å²) in [7, 11) is 3.39. The highest BCUT2D eigenvalue weighted by atomic mass is 16.5. The Labute approximate surface area is 117 Å². The Bertz CT molecular complexity index is 621. The van der Waals surface area contributed by atoms with Gasteiger partial charge in [0, 0.05) is 7.05 Å². The van der Waals surface area contributed by atoms with Crippen LogP contribution in [0.1, 0.15) is 34.7 Å². The lowest BCUT2D eigenvalue weighted by molar-refractivity contribution is 0.0934. The van der Waals surface area contributed by atoms with E-state index in [1.165, 1.54) is 0 Å². The summed E-state index contributed by atoms with van der Waals surface area (Å²) in [6.45, 7) is 3.80. The number of aryl methyl sites for hydroxylation is 2. The summed E-state index contributed by atoms with van der Waals surface area (Å²) < 4.78 is 7.00. The van der Waals surface area contributed by atoms with Crippen molar-refractivity contribution in [2.24, 2.45) is 7.05 Å². The molecular formula is C14H18N4O2. The van der Waals surface area contributed by atoms with Crippen molar-refractivity contribution < 1.29 is 9.53 Å². The van der Waals surface area contributed by atoms with Crippen LogP contribution in [0.25, 0.3) is 0 Å². The number of aromatic nitrogens is 3. The summed E-state index contributed by atoms with van der Waals surface area (Å²) in [6, 6.07) is 5.26. The van der Waals surface area contributed by atoms with E-state index >= 15 is 0 Å². The lowest BCUT2D eigenvalue weighted by atomic mass is 10.1. The van der Waals surface area contributed by atoms with Gasteiger partial charge in [0.2, 0.25) is 0 Å². The van der Waals surface area contributed by atoms with Gasteiger partial charge in [0.05, 0.1) is 18.7 Å². The molecule has 6 nitrogen and oxygen atoms in total. The van der Waals surface area contributed by atoms with E-state index in [-0.39, 0.29) is 11.9 Å². The number of carbonyl (C=O) groups excluding carboxylic acids is 1. The summed E-state index contributed by atoms with van der Waals surface area (Å²) in [4.78, 5) is 12.3. The number of nitrogens with zero attached hydrogens (tertiary/aromatic N) is 3. The van der Waals surface area contributed by atoms with Crippen molar-refractivity contribution in [2.75, 3.05) is 7.11 Å². The highest BCUT2D eigenvalue weighted by Gasteiger charge is 2.18. The first-order valence-corrected chi connectivity index (χ1v) is 6.32. The Hall–Kier alpha value is -2.37. The molecule has 0 saturated carbocycles. The van der Waals surface area contributed by atoms with Crippen molar-refractivity contribution >= 4 is 5.91 Å². The number of rotatable bonds is 4. The van der Waals surface area contributed by atoms with Crippen LogP contribution in [0.4, 0.5) is 0 Å². The molecule has 0 aliphatic heterocycles. The molecule has 1 aromatic heterocycles. The molecular weight excluding hydrogens is 256 g/mol. The van der Waals surface area contributed by atoms with Gasteiger partial charge in [-0.2, -0.15) is 0 Å². The smallest absolute Gasteiger partial charge is 0.255 e. The van der Waals surface area contributed by atoms with Crippen LogP contribution in [0.2, 0.25) is 0 Å². The Morgan fingerprint density at radius 3 is 2.80 bits per heavy atom. The van der Waals surface area contributed by atoms with Crippen molar-refractivity contribution in [3.05, 3.63) is 41.5 Å². The van der Waals surface area contributed by atoms with Gasteiger partial charge in [-0.05, 0) is 26.0 Å². The average Bonchev–Trinajstić information content (AvgIpc) is 2.85. The van der Waals surface area contributed by atoms with Gasteiger partial charge in [-0.15, -0.1) is 10.2 Å². The fraction of sp³-hybridized carbons (Fsp3) is 0.357. The fourth-order valence-corrected chi connectivity index (χ4v) is 2.02. The zero-order chi connectivity index (χ0) is 14.7. The zero-order valence-corrected chi connectivity index (χ0v) is 12.0. The van der Waals surface area contributed by atoms with E-state index < -0.39 is 0 Å². The first-order valence-electron chi connectivity index (χ1n) is 6.32. The third kappa shape index (κ3) is 2.79. The van der Waals surface area contributed by atoms with Crippen molar-refractivity contribution in [1.82, 2.24) is 20.1 Å². The molecule has 0 spiro atoms. The molecule has 2 rings (SSSR count). The number of benzene rings is 1. The van der Waals surface area contributed by atoms with E-state index in [9.17, 15) is 4.79 Å². The second-order valence-corrected chi connectivity index (χ2v) is 4.70. The van der Waals surface area contributed by atoms with Crippen LogP contribution in [0.5, 0.6) is 5.75 Å². The van der Waals surface area contributed by atoms with Gasteiger partial charge in [0.15, 0.2) is 5.82 Å². The van der Waals surface area contributed by atoms with Crippen LogP contribution in [0.3, 0.4) is 0 Å². The second-order valence-electron chi connectivity index (χ2n) is 4.70. The average molecular weight is 274 g/mol. The Morgan fingerprint density at radius 2 is 2.20 bits per heavy atom.